The summed E-state index contributed by atoms with van der Waals surface area (Å²) in [5.41, 5.74) is 2.49. The summed E-state index contributed by atoms with van der Waals surface area (Å²) in [5, 5.41) is 7.92. The average Bonchev–Trinajstić information content (AvgIpc) is 2.99. The second kappa shape index (κ2) is 8.16. The zero-order valence-electron chi connectivity index (χ0n) is 13.1. The molecule has 0 fully saturated rings. The van der Waals surface area contributed by atoms with Crippen molar-refractivity contribution in [2.75, 3.05) is 5.75 Å². The van der Waals surface area contributed by atoms with Crippen LogP contribution in [0, 0.1) is 0 Å². The molecule has 3 aromatic rings. The summed E-state index contributed by atoms with van der Waals surface area (Å²) < 4.78 is 12.1. The number of nitrogens with one attached hydrogen (secondary N) is 1. The first kappa shape index (κ1) is 17.6. The Balaban J connectivity index is 0.000000471. The maximum Gasteiger partial charge on any atom is 0.300 e. The van der Waals surface area contributed by atoms with Crippen molar-refractivity contribution in [3.8, 4) is 11.4 Å². The molecular weight excluding hydrogens is 326 g/mol. The molecule has 0 saturated carbocycles. The second-order valence-electron chi connectivity index (χ2n) is 4.78. The van der Waals surface area contributed by atoms with E-state index in [0.29, 0.717) is 16.3 Å². The lowest BCUT2D eigenvalue weighted by Crippen LogP contribution is -1.99. The number of hydrogen-bond acceptors (Lipinski definition) is 4. The molecular formula is C17H17N3O3S. The van der Waals surface area contributed by atoms with Gasteiger partial charge in [0.2, 0.25) is 0 Å². The van der Waals surface area contributed by atoms with Crippen LogP contribution in [0.4, 0.5) is 0 Å². The van der Waals surface area contributed by atoms with Crippen LogP contribution in [0.15, 0.2) is 60.3 Å². The van der Waals surface area contributed by atoms with E-state index in [0.717, 1.165) is 23.8 Å². The molecule has 1 aromatic carbocycles. The highest BCUT2D eigenvalue weighted by Gasteiger charge is 2.13. The van der Waals surface area contributed by atoms with Crippen molar-refractivity contribution in [2.45, 2.75) is 11.9 Å². The summed E-state index contributed by atoms with van der Waals surface area (Å²) in [4.78, 5) is 21.0. The van der Waals surface area contributed by atoms with Gasteiger partial charge in [-0.15, -0.1) is 6.58 Å². The zero-order chi connectivity index (χ0) is 17.5. The van der Waals surface area contributed by atoms with E-state index in [1.54, 1.807) is 12.3 Å². The molecule has 2 N–H and O–H groups in total. The molecule has 3 rings (SSSR count). The van der Waals surface area contributed by atoms with Crippen molar-refractivity contribution in [3.63, 3.8) is 0 Å². The first-order chi connectivity index (χ1) is 11.5. The fraction of sp³-hybridized carbons (Fsp3) is 0.118. The SMILES string of the molecule is C=CCS(=O)c1nccc2[nH]c(-c3ccccc3)nc12.CC(=O)O. The van der Waals surface area contributed by atoms with Crippen molar-refractivity contribution in [1.82, 2.24) is 15.0 Å². The van der Waals surface area contributed by atoms with Crippen LogP contribution in [0.2, 0.25) is 0 Å². The fourth-order valence-corrected chi connectivity index (χ4v) is 2.92. The van der Waals surface area contributed by atoms with Crippen LogP contribution in [-0.2, 0) is 15.6 Å². The third-order valence-corrected chi connectivity index (χ3v) is 4.17. The lowest BCUT2D eigenvalue weighted by atomic mass is 10.2. The van der Waals surface area contributed by atoms with Gasteiger partial charge in [0.15, 0.2) is 5.03 Å². The van der Waals surface area contributed by atoms with Crippen LogP contribution in [0.1, 0.15) is 6.92 Å². The summed E-state index contributed by atoms with van der Waals surface area (Å²) in [6.07, 6.45) is 3.27. The first-order valence-corrected chi connectivity index (χ1v) is 8.43. The Kier molecular flexibility index (Phi) is 5.97. The smallest absolute Gasteiger partial charge is 0.300 e. The van der Waals surface area contributed by atoms with Crippen molar-refractivity contribution in [3.05, 3.63) is 55.3 Å². The molecule has 124 valence electrons. The fourth-order valence-electron chi connectivity index (χ4n) is 2.00. The van der Waals surface area contributed by atoms with Gasteiger partial charge in [0.05, 0.1) is 16.3 Å². The third kappa shape index (κ3) is 4.36. The number of pyridine rings is 1. The van der Waals surface area contributed by atoms with Gasteiger partial charge in [-0.2, -0.15) is 0 Å². The number of aromatic amines is 1. The van der Waals surface area contributed by atoms with E-state index in [9.17, 15) is 4.21 Å². The van der Waals surface area contributed by atoms with E-state index >= 15 is 0 Å². The van der Waals surface area contributed by atoms with Gasteiger partial charge in [0.1, 0.15) is 11.3 Å². The molecule has 1 atom stereocenters. The van der Waals surface area contributed by atoms with Crippen LogP contribution in [0.3, 0.4) is 0 Å². The first-order valence-electron chi connectivity index (χ1n) is 7.12. The number of aliphatic carboxylic acids is 1. The lowest BCUT2D eigenvalue weighted by molar-refractivity contribution is -0.134. The van der Waals surface area contributed by atoms with Gasteiger partial charge in [-0.3, -0.25) is 9.00 Å². The molecule has 2 aromatic heterocycles. The minimum atomic E-state index is -1.21. The Morgan fingerprint density at radius 3 is 2.62 bits per heavy atom. The van der Waals surface area contributed by atoms with Crippen LogP contribution >= 0.6 is 0 Å². The van der Waals surface area contributed by atoms with Crippen LogP contribution in [0.25, 0.3) is 22.4 Å². The average molecular weight is 343 g/mol. The second-order valence-corrected chi connectivity index (χ2v) is 6.19. The monoisotopic (exact) mass is 343 g/mol. The molecule has 0 spiro atoms. The number of fused-ring (bicyclic) bond motifs is 1. The topological polar surface area (TPSA) is 95.9 Å². The quantitative estimate of drug-likeness (QED) is 0.710. The Morgan fingerprint density at radius 2 is 2.00 bits per heavy atom. The highest BCUT2D eigenvalue weighted by Crippen LogP contribution is 2.23. The molecule has 6 nitrogen and oxygen atoms in total. The zero-order valence-corrected chi connectivity index (χ0v) is 13.9. The molecule has 0 amide bonds. The number of aromatic nitrogens is 3. The largest absolute Gasteiger partial charge is 0.481 e. The summed E-state index contributed by atoms with van der Waals surface area (Å²) >= 11 is 0. The number of carboxylic acids is 1. The lowest BCUT2D eigenvalue weighted by Gasteiger charge is -1.98. The maximum atomic E-state index is 12.1. The molecule has 7 heteroatoms. The number of H-pyrrole nitrogens is 1. The molecule has 1 unspecified atom stereocenters. The molecule has 2 heterocycles. The Hall–Kier alpha value is -2.80. The summed E-state index contributed by atoms with van der Waals surface area (Å²) in [7, 11) is -1.21. The van der Waals surface area contributed by atoms with Gasteiger partial charge in [-0.05, 0) is 6.07 Å². The van der Waals surface area contributed by atoms with E-state index in [2.05, 4.69) is 21.5 Å². The van der Waals surface area contributed by atoms with Crippen molar-refractivity contribution >= 4 is 27.8 Å². The van der Waals surface area contributed by atoms with Crippen LogP contribution < -0.4 is 0 Å². The number of nitrogens with zero attached hydrogens (tertiary/aromatic N) is 2. The Bertz CT molecular complexity index is 871. The number of rotatable bonds is 4. The van der Waals surface area contributed by atoms with Gasteiger partial charge in [-0.1, -0.05) is 36.4 Å². The van der Waals surface area contributed by atoms with E-state index in [4.69, 9.17) is 9.90 Å². The summed E-state index contributed by atoms with van der Waals surface area (Å²) in [5.74, 6) is 0.296. The predicted octanol–water partition coefficient (Wildman–Crippen LogP) is 3.01. The third-order valence-electron chi connectivity index (χ3n) is 2.90. The van der Waals surface area contributed by atoms with E-state index in [1.807, 2.05) is 36.4 Å². The minimum absolute atomic E-state index is 0.375. The molecule has 0 radical (unpaired) electrons. The highest BCUT2D eigenvalue weighted by molar-refractivity contribution is 7.85. The minimum Gasteiger partial charge on any atom is -0.481 e. The van der Waals surface area contributed by atoms with Crippen LogP contribution in [-0.4, -0.2) is 36.0 Å². The predicted molar refractivity (Wildman–Crippen MR) is 94.1 cm³/mol. The van der Waals surface area contributed by atoms with Gasteiger partial charge < -0.3 is 10.1 Å². The van der Waals surface area contributed by atoms with Gasteiger partial charge in [0, 0.05) is 24.4 Å². The van der Waals surface area contributed by atoms with Gasteiger partial charge in [-0.25, -0.2) is 9.97 Å². The Morgan fingerprint density at radius 1 is 1.33 bits per heavy atom. The summed E-state index contributed by atoms with van der Waals surface area (Å²) in [6, 6.07) is 11.7. The highest BCUT2D eigenvalue weighted by atomic mass is 32.2. The Labute approximate surface area is 141 Å². The molecule has 0 aliphatic carbocycles. The van der Waals surface area contributed by atoms with Crippen molar-refractivity contribution in [2.24, 2.45) is 0 Å². The van der Waals surface area contributed by atoms with Crippen LogP contribution in [0.5, 0.6) is 0 Å². The number of hydrogen-bond donors (Lipinski definition) is 2. The number of carbonyl (C=O) groups is 1. The van der Waals surface area contributed by atoms with Gasteiger partial charge >= 0.3 is 0 Å². The molecule has 0 saturated heterocycles. The van der Waals surface area contributed by atoms with Gasteiger partial charge in [0.25, 0.3) is 5.97 Å². The number of benzene rings is 1. The maximum absolute atomic E-state index is 12.1. The number of carboxylic acid groups (broad SMARTS) is 1. The van der Waals surface area contributed by atoms with Crippen molar-refractivity contribution in [1.29, 1.82) is 0 Å². The summed E-state index contributed by atoms with van der Waals surface area (Å²) in [6.45, 7) is 4.69. The van der Waals surface area contributed by atoms with E-state index in [-0.39, 0.29) is 0 Å². The standard InChI is InChI=1S/C15H13N3OS.C2H4O2/c1-2-10-20(19)15-13-12(8-9-16-15)17-14(18-13)11-6-4-3-5-7-11;1-2(3)4/h2-9H,1,10H2,(H,17,18);1H3,(H,3,4). The van der Waals surface area contributed by atoms with Crippen molar-refractivity contribution < 1.29 is 14.1 Å². The van der Waals surface area contributed by atoms with E-state index < -0.39 is 16.8 Å². The number of imidazole rings is 1. The molecule has 0 aliphatic rings. The molecule has 0 aliphatic heterocycles. The normalized spacial score (nSPS) is 11.4. The molecule has 24 heavy (non-hydrogen) atoms. The molecule has 0 bridgehead atoms. The van der Waals surface area contributed by atoms with E-state index in [1.165, 1.54) is 0 Å².